The van der Waals surface area contributed by atoms with Crippen LogP contribution in [0, 0.1) is 0 Å². The molecule has 0 unspecified atom stereocenters. The summed E-state index contributed by atoms with van der Waals surface area (Å²) in [5.74, 6) is 0.490. The van der Waals surface area contributed by atoms with Crippen molar-refractivity contribution in [1.82, 2.24) is 0 Å². The van der Waals surface area contributed by atoms with Gasteiger partial charge < -0.3 is 9.47 Å². The highest BCUT2D eigenvalue weighted by molar-refractivity contribution is 5.95. The van der Waals surface area contributed by atoms with Crippen molar-refractivity contribution in [3.63, 3.8) is 0 Å². The molecule has 0 saturated heterocycles. The van der Waals surface area contributed by atoms with Gasteiger partial charge in [0.25, 0.3) is 0 Å². The SMILES string of the molecule is COc1ccccc1OC(=O)/C=C/c1cccc2ccccc12. The van der Waals surface area contributed by atoms with Gasteiger partial charge in [0.05, 0.1) is 7.11 Å². The van der Waals surface area contributed by atoms with Gasteiger partial charge in [0.2, 0.25) is 0 Å². The molecule has 0 N–H and O–H groups in total. The number of methoxy groups -OCH3 is 1. The van der Waals surface area contributed by atoms with Crippen LogP contribution < -0.4 is 9.47 Å². The van der Waals surface area contributed by atoms with E-state index in [0.29, 0.717) is 11.5 Å². The number of para-hydroxylation sites is 2. The fraction of sp³-hybridized carbons (Fsp3) is 0.0500. The molecule has 0 atom stereocenters. The Hall–Kier alpha value is -3.07. The topological polar surface area (TPSA) is 35.5 Å². The Morgan fingerprint density at radius 2 is 1.57 bits per heavy atom. The van der Waals surface area contributed by atoms with Crippen molar-refractivity contribution in [3.8, 4) is 11.5 Å². The number of hydrogen-bond acceptors (Lipinski definition) is 3. The molecule has 23 heavy (non-hydrogen) atoms. The molecule has 0 saturated carbocycles. The van der Waals surface area contributed by atoms with Gasteiger partial charge in [-0.3, -0.25) is 0 Å². The standard InChI is InChI=1S/C20H16O3/c1-22-18-11-4-5-12-19(18)23-20(21)14-13-16-9-6-8-15-7-2-3-10-17(15)16/h2-14H,1H3/b14-13+. The van der Waals surface area contributed by atoms with Gasteiger partial charge in [0, 0.05) is 6.08 Å². The van der Waals surface area contributed by atoms with Gasteiger partial charge in [0.15, 0.2) is 11.5 Å². The van der Waals surface area contributed by atoms with Crippen LogP contribution in [0.5, 0.6) is 11.5 Å². The second-order valence-corrected chi connectivity index (χ2v) is 4.97. The Labute approximate surface area is 134 Å². The highest BCUT2D eigenvalue weighted by atomic mass is 16.6. The van der Waals surface area contributed by atoms with E-state index in [9.17, 15) is 4.79 Å². The summed E-state index contributed by atoms with van der Waals surface area (Å²) in [5, 5.41) is 2.23. The minimum atomic E-state index is -0.442. The molecule has 0 radical (unpaired) electrons. The Bertz CT molecular complexity index is 860. The van der Waals surface area contributed by atoms with Crippen molar-refractivity contribution in [1.29, 1.82) is 0 Å². The van der Waals surface area contributed by atoms with Crippen molar-refractivity contribution in [2.75, 3.05) is 7.11 Å². The molecule has 3 heteroatoms. The molecule has 0 aliphatic carbocycles. The first-order valence-electron chi connectivity index (χ1n) is 7.28. The van der Waals surface area contributed by atoms with Crippen molar-refractivity contribution in [2.45, 2.75) is 0 Å². The maximum atomic E-state index is 12.0. The van der Waals surface area contributed by atoms with E-state index < -0.39 is 5.97 Å². The number of carbonyl (C=O) groups is 1. The van der Waals surface area contributed by atoms with Crippen molar-refractivity contribution >= 4 is 22.8 Å². The molecule has 0 bridgehead atoms. The Kier molecular flexibility index (Phi) is 4.39. The van der Waals surface area contributed by atoms with Gasteiger partial charge in [-0.1, -0.05) is 54.6 Å². The van der Waals surface area contributed by atoms with Crippen molar-refractivity contribution < 1.29 is 14.3 Å². The van der Waals surface area contributed by atoms with Gasteiger partial charge in [-0.25, -0.2) is 4.79 Å². The molecule has 0 amide bonds. The lowest BCUT2D eigenvalue weighted by atomic mass is 10.0. The molecule has 3 nitrogen and oxygen atoms in total. The van der Waals surface area contributed by atoms with Crippen LogP contribution >= 0.6 is 0 Å². The number of carbonyl (C=O) groups excluding carboxylic acids is 1. The monoisotopic (exact) mass is 304 g/mol. The lowest BCUT2D eigenvalue weighted by Gasteiger charge is -2.07. The number of rotatable bonds is 4. The minimum Gasteiger partial charge on any atom is -0.493 e. The summed E-state index contributed by atoms with van der Waals surface area (Å²) >= 11 is 0. The predicted molar refractivity (Wildman–Crippen MR) is 91.6 cm³/mol. The van der Waals surface area contributed by atoms with Crippen molar-refractivity contribution in [3.05, 3.63) is 78.4 Å². The van der Waals surface area contributed by atoms with Gasteiger partial charge in [0.1, 0.15) is 0 Å². The lowest BCUT2D eigenvalue weighted by molar-refractivity contribution is -0.129. The smallest absolute Gasteiger partial charge is 0.336 e. The Morgan fingerprint density at radius 3 is 2.39 bits per heavy atom. The van der Waals surface area contributed by atoms with Gasteiger partial charge in [-0.2, -0.15) is 0 Å². The minimum absolute atomic E-state index is 0.405. The number of benzene rings is 3. The molecule has 0 spiro atoms. The average molecular weight is 304 g/mol. The summed E-state index contributed by atoms with van der Waals surface area (Å²) in [6, 6.07) is 21.1. The highest BCUT2D eigenvalue weighted by Gasteiger charge is 2.06. The summed E-state index contributed by atoms with van der Waals surface area (Å²) < 4.78 is 10.5. The van der Waals surface area contributed by atoms with E-state index in [0.717, 1.165) is 16.3 Å². The van der Waals surface area contributed by atoms with Crippen LogP contribution in [0.1, 0.15) is 5.56 Å². The van der Waals surface area contributed by atoms with E-state index in [1.807, 2.05) is 48.5 Å². The van der Waals surface area contributed by atoms with Gasteiger partial charge >= 0.3 is 5.97 Å². The van der Waals surface area contributed by atoms with E-state index in [-0.39, 0.29) is 0 Å². The maximum Gasteiger partial charge on any atom is 0.336 e. The van der Waals surface area contributed by atoms with E-state index in [4.69, 9.17) is 9.47 Å². The average Bonchev–Trinajstić information content (AvgIpc) is 2.60. The summed E-state index contributed by atoms with van der Waals surface area (Å²) in [5.41, 5.74) is 0.972. The third kappa shape index (κ3) is 3.40. The maximum absolute atomic E-state index is 12.0. The van der Waals surface area contributed by atoms with Crippen LogP contribution in [-0.2, 0) is 4.79 Å². The van der Waals surface area contributed by atoms with Crippen LogP contribution in [0.15, 0.2) is 72.8 Å². The van der Waals surface area contributed by atoms with Crippen LogP contribution in [-0.4, -0.2) is 13.1 Å². The normalized spacial score (nSPS) is 10.8. The van der Waals surface area contributed by atoms with E-state index >= 15 is 0 Å². The molecule has 114 valence electrons. The molecule has 0 aliphatic heterocycles. The second kappa shape index (κ2) is 6.79. The molecule has 3 aromatic rings. The molecule has 0 heterocycles. The fourth-order valence-electron chi connectivity index (χ4n) is 2.40. The molecular weight excluding hydrogens is 288 g/mol. The third-order valence-electron chi connectivity index (χ3n) is 3.50. The quantitative estimate of drug-likeness (QED) is 0.405. The number of ether oxygens (including phenoxy) is 2. The first-order chi connectivity index (χ1) is 11.3. The van der Waals surface area contributed by atoms with Gasteiger partial charge in [-0.05, 0) is 34.5 Å². The zero-order chi connectivity index (χ0) is 16.1. The Morgan fingerprint density at radius 1 is 0.870 bits per heavy atom. The Balaban J connectivity index is 1.80. The number of hydrogen-bond donors (Lipinski definition) is 0. The first-order valence-corrected chi connectivity index (χ1v) is 7.28. The summed E-state index contributed by atoms with van der Waals surface area (Å²) in [6.45, 7) is 0. The molecule has 0 fully saturated rings. The zero-order valence-corrected chi connectivity index (χ0v) is 12.7. The molecular formula is C20H16O3. The van der Waals surface area contributed by atoms with E-state index in [2.05, 4.69) is 0 Å². The van der Waals surface area contributed by atoms with E-state index in [1.165, 1.54) is 6.08 Å². The van der Waals surface area contributed by atoms with E-state index in [1.54, 1.807) is 31.4 Å². The van der Waals surface area contributed by atoms with Crippen LogP contribution in [0.4, 0.5) is 0 Å². The third-order valence-corrected chi connectivity index (χ3v) is 3.50. The predicted octanol–water partition coefficient (Wildman–Crippen LogP) is 4.47. The molecule has 3 rings (SSSR count). The van der Waals surface area contributed by atoms with Crippen LogP contribution in [0.3, 0.4) is 0 Å². The second-order valence-electron chi connectivity index (χ2n) is 4.97. The number of fused-ring (bicyclic) bond motifs is 1. The van der Waals surface area contributed by atoms with Crippen LogP contribution in [0.2, 0.25) is 0 Å². The van der Waals surface area contributed by atoms with Crippen molar-refractivity contribution in [2.24, 2.45) is 0 Å². The summed E-state index contributed by atoms with van der Waals surface area (Å²) in [4.78, 5) is 12.0. The first kappa shape index (κ1) is 14.9. The van der Waals surface area contributed by atoms with Gasteiger partial charge in [-0.15, -0.1) is 0 Å². The molecule has 0 aromatic heterocycles. The molecule has 0 aliphatic rings. The number of esters is 1. The fourth-order valence-corrected chi connectivity index (χ4v) is 2.40. The zero-order valence-electron chi connectivity index (χ0n) is 12.7. The molecule has 3 aromatic carbocycles. The summed E-state index contributed by atoms with van der Waals surface area (Å²) in [6.07, 6.45) is 3.19. The van der Waals surface area contributed by atoms with Crippen LogP contribution in [0.25, 0.3) is 16.8 Å². The summed E-state index contributed by atoms with van der Waals surface area (Å²) in [7, 11) is 1.54. The largest absolute Gasteiger partial charge is 0.493 e. The lowest BCUT2D eigenvalue weighted by Crippen LogP contribution is -2.04. The highest BCUT2D eigenvalue weighted by Crippen LogP contribution is 2.26.